The number of nitro benzene ring substituents is 1. The molecular weight excluding hydrogens is 248 g/mol. The Morgan fingerprint density at radius 1 is 1.42 bits per heavy atom. The van der Waals surface area contributed by atoms with E-state index < -0.39 is 4.92 Å². The van der Waals surface area contributed by atoms with Gasteiger partial charge in [-0.3, -0.25) is 14.9 Å². The molecule has 0 aromatic heterocycles. The third-order valence-electron chi connectivity index (χ3n) is 3.10. The average Bonchev–Trinajstić information content (AvgIpc) is 2.91. The van der Waals surface area contributed by atoms with Crippen LogP contribution in [0.25, 0.3) is 0 Å². The van der Waals surface area contributed by atoms with E-state index in [9.17, 15) is 14.9 Å². The first-order valence-corrected chi connectivity index (χ1v) is 6.34. The quantitative estimate of drug-likeness (QED) is 0.617. The van der Waals surface area contributed by atoms with Crippen molar-refractivity contribution in [2.75, 3.05) is 19.7 Å². The van der Waals surface area contributed by atoms with Crippen molar-refractivity contribution in [1.29, 1.82) is 0 Å². The molecule has 102 valence electrons. The van der Waals surface area contributed by atoms with Crippen LogP contribution in [0.5, 0.6) is 5.75 Å². The molecule has 2 rings (SSSR count). The minimum Gasteiger partial charge on any atom is -0.487 e. The summed E-state index contributed by atoms with van der Waals surface area (Å²) in [6, 6.07) is 4.28. The molecule has 1 saturated heterocycles. The van der Waals surface area contributed by atoms with Crippen LogP contribution in [0.4, 0.5) is 5.69 Å². The van der Waals surface area contributed by atoms with Gasteiger partial charge in [-0.05, 0) is 25.8 Å². The lowest BCUT2D eigenvalue weighted by atomic mass is 10.1. The van der Waals surface area contributed by atoms with Gasteiger partial charge in [-0.15, -0.1) is 0 Å². The van der Waals surface area contributed by atoms with Crippen LogP contribution in [-0.2, 0) is 0 Å². The molecule has 0 unspecified atom stereocenters. The Kier molecular flexibility index (Phi) is 3.99. The Morgan fingerprint density at radius 3 is 2.68 bits per heavy atom. The summed E-state index contributed by atoms with van der Waals surface area (Å²) in [7, 11) is 0. The van der Waals surface area contributed by atoms with Gasteiger partial charge in [0, 0.05) is 30.8 Å². The molecule has 0 spiro atoms. The van der Waals surface area contributed by atoms with Crippen molar-refractivity contribution in [2.45, 2.75) is 19.8 Å². The topological polar surface area (TPSA) is 72.7 Å². The number of hydrogen-bond donors (Lipinski definition) is 0. The predicted octanol–water partition coefficient (Wildman–Crippen LogP) is 2.23. The molecule has 0 saturated carbocycles. The van der Waals surface area contributed by atoms with Gasteiger partial charge in [0.05, 0.1) is 11.5 Å². The van der Waals surface area contributed by atoms with Crippen LogP contribution in [0.15, 0.2) is 18.2 Å². The minimum atomic E-state index is -0.505. The summed E-state index contributed by atoms with van der Waals surface area (Å²) in [6.45, 7) is 3.57. The highest BCUT2D eigenvalue weighted by Gasteiger charge is 2.23. The first-order valence-electron chi connectivity index (χ1n) is 6.34. The SMILES string of the molecule is CCOc1cc(C(=O)N2CCCC2)ccc1[N+](=O)[O-]. The largest absolute Gasteiger partial charge is 0.487 e. The van der Waals surface area contributed by atoms with Crippen molar-refractivity contribution in [3.8, 4) is 5.75 Å². The number of likely N-dealkylation sites (tertiary alicyclic amines) is 1. The van der Waals surface area contributed by atoms with E-state index in [1.54, 1.807) is 11.8 Å². The second-order valence-corrected chi connectivity index (χ2v) is 4.37. The molecule has 6 heteroatoms. The third-order valence-corrected chi connectivity index (χ3v) is 3.10. The maximum Gasteiger partial charge on any atom is 0.310 e. The van der Waals surface area contributed by atoms with Crippen molar-refractivity contribution in [3.63, 3.8) is 0 Å². The lowest BCUT2D eigenvalue weighted by molar-refractivity contribution is -0.385. The molecule has 1 fully saturated rings. The molecule has 1 amide bonds. The van der Waals surface area contributed by atoms with E-state index in [0.717, 1.165) is 25.9 Å². The molecule has 0 radical (unpaired) electrons. The average molecular weight is 264 g/mol. The Morgan fingerprint density at radius 2 is 2.11 bits per heavy atom. The second kappa shape index (κ2) is 5.69. The Hall–Kier alpha value is -2.11. The fourth-order valence-electron chi connectivity index (χ4n) is 2.17. The second-order valence-electron chi connectivity index (χ2n) is 4.37. The number of carbonyl (C=O) groups excluding carboxylic acids is 1. The first-order chi connectivity index (χ1) is 9.13. The monoisotopic (exact) mass is 264 g/mol. The molecule has 1 aliphatic heterocycles. The molecule has 1 aromatic carbocycles. The lowest BCUT2D eigenvalue weighted by Crippen LogP contribution is -2.27. The Labute approximate surface area is 111 Å². The molecule has 0 bridgehead atoms. The summed E-state index contributed by atoms with van der Waals surface area (Å²) < 4.78 is 5.24. The number of hydrogen-bond acceptors (Lipinski definition) is 4. The maximum absolute atomic E-state index is 12.2. The number of benzene rings is 1. The number of rotatable bonds is 4. The van der Waals surface area contributed by atoms with E-state index in [-0.39, 0.29) is 17.3 Å². The summed E-state index contributed by atoms with van der Waals surface area (Å²) in [5.41, 5.74) is 0.329. The third kappa shape index (κ3) is 2.83. The maximum atomic E-state index is 12.2. The molecule has 0 atom stereocenters. The summed E-state index contributed by atoms with van der Waals surface area (Å²) >= 11 is 0. The van der Waals surface area contributed by atoms with Gasteiger partial charge < -0.3 is 9.64 Å². The zero-order valence-corrected chi connectivity index (χ0v) is 10.8. The van der Waals surface area contributed by atoms with Crippen LogP contribution in [0.3, 0.4) is 0 Å². The molecule has 1 heterocycles. The number of carbonyl (C=O) groups is 1. The highest BCUT2D eigenvalue weighted by molar-refractivity contribution is 5.95. The van der Waals surface area contributed by atoms with Crippen LogP contribution >= 0.6 is 0 Å². The summed E-state index contributed by atoms with van der Waals surface area (Å²) in [4.78, 5) is 24.3. The first kappa shape index (κ1) is 13.3. The molecule has 1 aliphatic rings. The van der Waals surface area contributed by atoms with Crippen LogP contribution < -0.4 is 4.74 Å². The zero-order chi connectivity index (χ0) is 13.8. The van der Waals surface area contributed by atoms with Crippen LogP contribution in [0, 0.1) is 10.1 Å². The lowest BCUT2D eigenvalue weighted by Gasteiger charge is -2.15. The zero-order valence-electron chi connectivity index (χ0n) is 10.8. The molecule has 19 heavy (non-hydrogen) atoms. The highest BCUT2D eigenvalue weighted by Crippen LogP contribution is 2.28. The summed E-state index contributed by atoms with van der Waals surface area (Å²) in [5, 5.41) is 10.9. The summed E-state index contributed by atoms with van der Waals surface area (Å²) in [6.07, 6.45) is 2.02. The van der Waals surface area contributed by atoms with E-state index in [2.05, 4.69) is 0 Å². The van der Waals surface area contributed by atoms with Crippen molar-refractivity contribution in [2.24, 2.45) is 0 Å². The van der Waals surface area contributed by atoms with Gasteiger partial charge in [-0.2, -0.15) is 0 Å². The molecular formula is C13H16N2O4. The van der Waals surface area contributed by atoms with Crippen LogP contribution in [0.1, 0.15) is 30.1 Å². The van der Waals surface area contributed by atoms with Gasteiger partial charge in [-0.1, -0.05) is 0 Å². The Bertz CT molecular complexity index is 495. The minimum absolute atomic E-state index is 0.0895. The van der Waals surface area contributed by atoms with Gasteiger partial charge in [0.2, 0.25) is 0 Å². The fourth-order valence-corrected chi connectivity index (χ4v) is 2.17. The van der Waals surface area contributed by atoms with E-state index >= 15 is 0 Å². The van der Waals surface area contributed by atoms with Crippen molar-refractivity contribution in [3.05, 3.63) is 33.9 Å². The van der Waals surface area contributed by atoms with E-state index in [4.69, 9.17) is 4.74 Å². The Balaban J connectivity index is 2.28. The van der Waals surface area contributed by atoms with E-state index in [1.165, 1.54) is 18.2 Å². The number of nitro groups is 1. The molecule has 1 aromatic rings. The number of nitrogens with zero attached hydrogens (tertiary/aromatic N) is 2. The van der Waals surface area contributed by atoms with Crippen molar-refractivity contribution >= 4 is 11.6 Å². The predicted molar refractivity (Wildman–Crippen MR) is 69.4 cm³/mol. The van der Waals surface area contributed by atoms with Crippen molar-refractivity contribution < 1.29 is 14.5 Å². The normalized spacial score (nSPS) is 14.5. The molecule has 0 aliphatic carbocycles. The fraction of sp³-hybridized carbons (Fsp3) is 0.462. The highest BCUT2D eigenvalue weighted by atomic mass is 16.6. The van der Waals surface area contributed by atoms with Crippen molar-refractivity contribution in [1.82, 2.24) is 4.90 Å². The van der Waals surface area contributed by atoms with E-state index in [0.29, 0.717) is 12.2 Å². The van der Waals surface area contributed by atoms with Gasteiger partial charge >= 0.3 is 5.69 Å². The van der Waals surface area contributed by atoms with Gasteiger partial charge in [0.15, 0.2) is 5.75 Å². The van der Waals surface area contributed by atoms with E-state index in [1.807, 2.05) is 0 Å². The van der Waals surface area contributed by atoms with Crippen LogP contribution in [-0.4, -0.2) is 35.4 Å². The molecule has 0 N–H and O–H groups in total. The van der Waals surface area contributed by atoms with Gasteiger partial charge in [0.1, 0.15) is 0 Å². The molecule has 6 nitrogen and oxygen atoms in total. The van der Waals surface area contributed by atoms with Gasteiger partial charge in [0.25, 0.3) is 5.91 Å². The standard InChI is InChI=1S/C13H16N2O4/c1-2-19-12-9-10(5-6-11(12)15(17)18)13(16)14-7-3-4-8-14/h5-6,9H,2-4,7-8H2,1H3. The van der Waals surface area contributed by atoms with Gasteiger partial charge in [-0.25, -0.2) is 0 Å². The number of amides is 1. The smallest absolute Gasteiger partial charge is 0.310 e. The van der Waals surface area contributed by atoms with Crippen LogP contribution in [0.2, 0.25) is 0 Å². The number of ether oxygens (including phenoxy) is 1. The summed E-state index contributed by atoms with van der Waals surface area (Å²) in [5.74, 6) is 0.0610.